The number of nitrogens with one attached hydrogen (secondary N) is 1. The molecule has 0 spiro atoms. The van der Waals surface area contributed by atoms with Gasteiger partial charge in [0.05, 0.1) is 11.2 Å². The molecule has 3 aliphatic rings. The van der Waals surface area contributed by atoms with Crippen LogP contribution >= 0.6 is 0 Å². The van der Waals surface area contributed by atoms with E-state index in [1.54, 1.807) is 0 Å². The van der Waals surface area contributed by atoms with Gasteiger partial charge in [-0.05, 0) is 68.1 Å². The summed E-state index contributed by atoms with van der Waals surface area (Å²) in [5.41, 5.74) is -1.03. The SMILES string of the molecule is OC1(c2ccc(C(F)(F)F)cc2)CC(C2CC2)N[C@@H](C2CC2)C1. The van der Waals surface area contributed by atoms with E-state index in [9.17, 15) is 18.3 Å². The summed E-state index contributed by atoms with van der Waals surface area (Å²) in [5, 5.41) is 14.9. The lowest BCUT2D eigenvalue weighted by molar-refractivity contribution is -0.137. The molecule has 0 bridgehead atoms. The zero-order valence-electron chi connectivity index (χ0n) is 12.9. The first-order valence-corrected chi connectivity index (χ1v) is 8.51. The maximum Gasteiger partial charge on any atom is 0.416 e. The Hall–Kier alpha value is -1.07. The molecule has 2 saturated carbocycles. The van der Waals surface area contributed by atoms with Crippen molar-refractivity contribution in [3.8, 4) is 0 Å². The summed E-state index contributed by atoms with van der Waals surface area (Å²) in [6.07, 6.45) is 1.65. The third kappa shape index (κ3) is 3.13. The third-order valence-electron chi connectivity index (χ3n) is 5.68. The summed E-state index contributed by atoms with van der Waals surface area (Å²) >= 11 is 0. The minimum absolute atomic E-state index is 0.293. The van der Waals surface area contributed by atoms with Crippen LogP contribution in [0.1, 0.15) is 49.7 Å². The Morgan fingerprint density at radius 1 is 0.913 bits per heavy atom. The Bertz CT molecular complexity index is 555. The van der Waals surface area contributed by atoms with Crippen molar-refractivity contribution in [3.05, 3.63) is 35.4 Å². The van der Waals surface area contributed by atoms with Crippen LogP contribution in [0.25, 0.3) is 0 Å². The van der Waals surface area contributed by atoms with Crippen molar-refractivity contribution in [2.45, 2.75) is 62.4 Å². The highest BCUT2D eigenvalue weighted by molar-refractivity contribution is 5.30. The van der Waals surface area contributed by atoms with Gasteiger partial charge in [-0.3, -0.25) is 0 Å². The number of halogens is 3. The maximum absolute atomic E-state index is 12.7. The molecule has 1 aliphatic heterocycles. The average Bonchev–Trinajstić information content (AvgIpc) is 3.39. The summed E-state index contributed by atoms with van der Waals surface area (Å²) in [5.74, 6) is 1.25. The fourth-order valence-electron chi connectivity index (χ4n) is 4.01. The van der Waals surface area contributed by atoms with Gasteiger partial charge in [-0.1, -0.05) is 12.1 Å². The van der Waals surface area contributed by atoms with Crippen molar-refractivity contribution in [1.82, 2.24) is 5.32 Å². The molecule has 3 fully saturated rings. The van der Waals surface area contributed by atoms with E-state index in [0.717, 1.165) is 12.1 Å². The molecule has 1 aromatic rings. The van der Waals surface area contributed by atoms with E-state index < -0.39 is 17.3 Å². The highest BCUT2D eigenvalue weighted by Gasteiger charge is 2.48. The Balaban J connectivity index is 1.59. The Morgan fingerprint density at radius 3 is 1.78 bits per heavy atom. The zero-order valence-corrected chi connectivity index (χ0v) is 12.9. The van der Waals surface area contributed by atoms with Crippen molar-refractivity contribution in [2.24, 2.45) is 11.8 Å². The Kier molecular flexibility index (Phi) is 3.50. The van der Waals surface area contributed by atoms with E-state index in [1.165, 1.54) is 37.8 Å². The monoisotopic (exact) mass is 325 g/mol. The molecule has 5 heteroatoms. The van der Waals surface area contributed by atoms with Crippen molar-refractivity contribution in [3.63, 3.8) is 0 Å². The molecule has 4 rings (SSSR count). The molecule has 3 atom stereocenters. The first-order chi connectivity index (χ1) is 10.9. The predicted molar refractivity (Wildman–Crippen MR) is 80.7 cm³/mol. The molecule has 1 saturated heterocycles. The Labute approximate surface area is 134 Å². The number of aliphatic hydroxyl groups is 1. The van der Waals surface area contributed by atoms with Gasteiger partial charge in [0.15, 0.2) is 0 Å². The molecule has 0 radical (unpaired) electrons. The van der Waals surface area contributed by atoms with Crippen LogP contribution in [-0.4, -0.2) is 17.2 Å². The van der Waals surface area contributed by atoms with Crippen LogP contribution in [0.5, 0.6) is 0 Å². The van der Waals surface area contributed by atoms with Crippen LogP contribution in [0.4, 0.5) is 13.2 Å². The minimum atomic E-state index is -4.33. The smallest absolute Gasteiger partial charge is 0.385 e. The van der Waals surface area contributed by atoms with Crippen molar-refractivity contribution >= 4 is 0 Å². The molecule has 1 aromatic carbocycles. The van der Waals surface area contributed by atoms with Gasteiger partial charge in [-0.2, -0.15) is 13.2 Å². The highest BCUT2D eigenvalue weighted by Crippen LogP contribution is 2.47. The zero-order chi connectivity index (χ0) is 16.2. The van der Waals surface area contributed by atoms with Gasteiger partial charge < -0.3 is 10.4 Å². The average molecular weight is 325 g/mol. The second-order valence-electron chi connectivity index (χ2n) is 7.57. The van der Waals surface area contributed by atoms with Crippen molar-refractivity contribution < 1.29 is 18.3 Å². The first-order valence-electron chi connectivity index (χ1n) is 8.51. The van der Waals surface area contributed by atoms with Gasteiger partial charge in [-0.15, -0.1) is 0 Å². The number of piperidine rings is 1. The molecule has 2 aliphatic carbocycles. The van der Waals surface area contributed by atoms with E-state index in [2.05, 4.69) is 5.32 Å². The fourth-order valence-corrected chi connectivity index (χ4v) is 4.01. The first kappa shape index (κ1) is 15.5. The van der Waals surface area contributed by atoms with E-state index in [0.29, 0.717) is 42.3 Å². The molecule has 2 nitrogen and oxygen atoms in total. The second-order valence-corrected chi connectivity index (χ2v) is 7.57. The second kappa shape index (κ2) is 5.21. The normalized spacial score (nSPS) is 35.3. The predicted octanol–water partition coefficient (Wildman–Crippen LogP) is 3.83. The lowest BCUT2D eigenvalue weighted by atomic mass is 9.76. The van der Waals surface area contributed by atoms with E-state index >= 15 is 0 Å². The van der Waals surface area contributed by atoms with E-state index in [1.807, 2.05) is 0 Å². The molecule has 1 heterocycles. The fraction of sp³-hybridized carbons (Fsp3) is 0.667. The van der Waals surface area contributed by atoms with Crippen molar-refractivity contribution in [2.75, 3.05) is 0 Å². The summed E-state index contributed by atoms with van der Waals surface area (Å²) in [6, 6.07) is 5.69. The number of hydrogen-bond donors (Lipinski definition) is 2. The van der Waals surface area contributed by atoms with Crippen LogP contribution in [0.2, 0.25) is 0 Å². The lowest BCUT2D eigenvalue weighted by Crippen LogP contribution is -2.53. The molecule has 0 aromatic heterocycles. The molecule has 0 amide bonds. The lowest BCUT2D eigenvalue weighted by Gasteiger charge is -2.43. The van der Waals surface area contributed by atoms with Crippen LogP contribution in [0.15, 0.2) is 24.3 Å². The van der Waals surface area contributed by atoms with Crippen LogP contribution in [-0.2, 0) is 11.8 Å². The van der Waals surface area contributed by atoms with Crippen LogP contribution in [0, 0.1) is 11.8 Å². The van der Waals surface area contributed by atoms with E-state index in [-0.39, 0.29) is 0 Å². The number of alkyl halides is 3. The van der Waals surface area contributed by atoms with E-state index in [4.69, 9.17) is 0 Å². The summed E-state index contributed by atoms with van der Waals surface area (Å²) in [6.45, 7) is 0. The number of rotatable bonds is 3. The molecule has 126 valence electrons. The van der Waals surface area contributed by atoms with Crippen LogP contribution < -0.4 is 5.32 Å². The molecule has 23 heavy (non-hydrogen) atoms. The number of hydrogen-bond acceptors (Lipinski definition) is 2. The molecule has 2 N–H and O–H groups in total. The van der Waals surface area contributed by atoms with Crippen molar-refractivity contribution in [1.29, 1.82) is 0 Å². The Morgan fingerprint density at radius 2 is 1.39 bits per heavy atom. The molecular formula is C18H22F3NO. The molecular weight excluding hydrogens is 303 g/mol. The quantitative estimate of drug-likeness (QED) is 0.885. The third-order valence-corrected chi connectivity index (χ3v) is 5.68. The minimum Gasteiger partial charge on any atom is -0.385 e. The molecule has 2 unspecified atom stereocenters. The summed E-state index contributed by atoms with van der Waals surface area (Å²) in [4.78, 5) is 0. The number of benzene rings is 1. The van der Waals surface area contributed by atoms with Gasteiger partial charge >= 0.3 is 6.18 Å². The highest BCUT2D eigenvalue weighted by atomic mass is 19.4. The van der Waals surface area contributed by atoms with Gasteiger partial charge in [0.1, 0.15) is 0 Å². The van der Waals surface area contributed by atoms with Gasteiger partial charge in [0.25, 0.3) is 0 Å². The summed E-state index contributed by atoms with van der Waals surface area (Å²) < 4.78 is 38.2. The largest absolute Gasteiger partial charge is 0.416 e. The maximum atomic E-state index is 12.7. The van der Waals surface area contributed by atoms with Gasteiger partial charge in [-0.25, -0.2) is 0 Å². The van der Waals surface area contributed by atoms with Gasteiger partial charge in [0, 0.05) is 12.1 Å². The van der Waals surface area contributed by atoms with Gasteiger partial charge in [0.2, 0.25) is 0 Å². The summed E-state index contributed by atoms with van der Waals surface area (Å²) in [7, 11) is 0. The topological polar surface area (TPSA) is 32.3 Å². The van der Waals surface area contributed by atoms with Crippen LogP contribution in [0.3, 0.4) is 0 Å². The standard InChI is InChI=1S/C18H22F3NO/c19-18(20,21)14-7-5-13(6-8-14)17(23)9-15(11-1-2-11)22-16(10-17)12-3-4-12/h5-8,11-12,15-16,22-23H,1-4,9-10H2/t15-,16?,17?/m1/s1.